The van der Waals surface area contributed by atoms with Crippen LogP contribution in [0.4, 0.5) is 0 Å². The van der Waals surface area contributed by atoms with Crippen LogP contribution in [0.5, 0.6) is 0 Å². The Morgan fingerprint density at radius 2 is 1.90 bits per heavy atom. The molecule has 3 aromatic heterocycles. The first-order chi connectivity index (χ1) is 10.2. The number of benzene rings is 1. The van der Waals surface area contributed by atoms with Gasteiger partial charge < -0.3 is 4.42 Å². The van der Waals surface area contributed by atoms with Gasteiger partial charge in [-0.15, -0.1) is 0 Å². The maximum absolute atomic E-state index is 5.99. The van der Waals surface area contributed by atoms with Gasteiger partial charge in [-0.25, -0.2) is 4.98 Å². The molecule has 0 saturated heterocycles. The van der Waals surface area contributed by atoms with Gasteiger partial charge in [0, 0.05) is 32.7 Å². The Labute approximate surface area is 129 Å². The second-order valence-electron chi connectivity index (χ2n) is 4.95. The lowest BCUT2D eigenvalue weighted by molar-refractivity contribution is 0.653. The van der Waals surface area contributed by atoms with Crippen molar-refractivity contribution in [3.05, 3.63) is 58.8 Å². The van der Waals surface area contributed by atoms with Crippen molar-refractivity contribution in [3.8, 4) is 11.3 Å². The fraction of sp³-hybridized carbons (Fsp3) is 0.0588. The van der Waals surface area contributed by atoms with Crippen LogP contribution in [0.25, 0.3) is 33.3 Å². The maximum atomic E-state index is 5.99. The van der Waals surface area contributed by atoms with Crippen molar-refractivity contribution in [2.24, 2.45) is 0 Å². The van der Waals surface area contributed by atoms with Gasteiger partial charge in [0.15, 0.2) is 0 Å². The Bertz CT molecular complexity index is 958. The Kier molecular flexibility index (Phi) is 2.79. The minimum absolute atomic E-state index is 0.676. The highest BCUT2D eigenvalue weighted by Gasteiger charge is 2.13. The van der Waals surface area contributed by atoms with Crippen LogP contribution in [0.2, 0.25) is 0 Å². The van der Waals surface area contributed by atoms with Crippen LogP contribution in [0.1, 0.15) is 5.69 Å². The number of aromatic nitrogens is 2. The third-order valence-electron chi connectivity index (χ3n) is 3.51. The molecule has 0 fully saturated rings. The van der Waals surface area contributed by atoms with Crippen LogP contribution >= 0.6 is 15.9 Å². The first-order valence-corrected chi connectivity index (χ1v) is 7.42. The first kappa shape index (κ1) is 12.5. The van der Waals surface area contributed by atoms with E-state index < -0.39 is 0 Å². The van der Waals surface area contributed by atoms with E-state index in [1.54, 1.807) is 6.20 Å². The first-order valence-electron chi connectivity index (χ1n) is 6.63. The fourth-order valence-electron chi connectivity index (χ4n) is 2.51. The van der Waals surface area contributed by atoms with Crippen molar-refractivity contribution in [1.29, 1.82) is 0 Å². The van der Waals surface area contributed by atoms with Gasteiger partial charge in [0.2, 0.25) is 5.71 Å². The zero-order valence-electron chi connectivity index (χ0n) is 11.3. The van der Waals surface area contributed by atoms with Gasteiger partial charge >= 0.3 is 0 Å². The average molecular weight is 339 g/mol. The summed E-state index contributed by atoms with van der Waals surface area (Å²) in [5.74, 6) is 0. The van der Waals surface area contributed by atoms with Gasteiger partial charge in [-0.1, -0.05) is 12.1 Å². The average Bonchev–Trinajstić information content (AvgIpc) is 2.85. The Balaban J connectivity index is 2.06. The zero-order valence-corrected chi connectivity index (χ0v) is 12.9. The monoisotopic (exact) mass is 338 g/mol. The van der Waals surface area contributed by atoms with Crippen LogP contribution in [0.15, 0.2) is 57.6 Å². The molecule has 3 heterocycles. The normalized spacial score (nSPS) is 11.3. The molecule has 0 atom stereocenters. The number of fused-ring (bicyclic) bond motifs is 3. The van der Waals surface area contributed by atoms with E-state index >= 15 is 0 Å². The third-order valence-corrected chi connectivity index (χ3v) is 3.98. The van der Waals surface area contributed by atoms with Gasteiger partial charge in [-0.2, -0.15) is 0 Å². The Hall–Kier alpha value is -2.20. The second kappa shape index (κ2) is 4.67. The molecule has 0 aliphatic rings. The topological polar surface area (TPSA) is 38.9 Å². The molecule has 0 N–H and O–H groups in total. The van der Waals surface area contributed by atoms with E-state index in [2.05, 4.69) is 38.0 Å². The second-order valence-corrected chi connectivity index (χ2v) is 5.87. The minimum Gasteiger partial charge on any atom is -0.437 e. The molecule has 0 radical (unpaired) electrons. The quantitative estimate of drug-likeness (QED) is 0.483. The third kappa shape index (κ3) is 2.03. The van der Waals surface area contributed by atoms with E-state index in [4.69, 9.17) is 4.42 Å². The van der Waals surface area contributed by atoms with Crippen molar-refractivity contribution in [2.75, 3.05) is 0 Å². The molecule has 21 heavy (non-hydrogen) atoms. The lowest BCUT2D eigenvalue weighted by Gasteiger charge is -2.01. The van der Waals surface area contributed by atoms with Gasteiger partial charge in [-0.3, -0.25) is 4.98 Å². The summed E-state index contributed by atoms with van der Waals surface area (Å²) in [5.41, 5.74) is 4.33. The lowest BCUT2D eigenvalue weighted by Crippen LogP contribution is -1.83. The maximum Gasteiger partial charge on any atom is 0.227 e. The number of nitrogens with zero attached hydrogens (tertiary/aromatic N) is 2. The number of pyridine rings is 2. The highest BCUT2D eigenvalue weighted by Crippen LogP contribution is 2.34. The molecular weight excluding hydrogens is 328 g/mol. The predicted molar refractivity (Wildman–Crippen MR) is 87.2 cm³/mol. The number of hydrogen-bond donors (Lipinski definition) is 0. The molecule has 0 spiro atoms. The summed E-state index contributed by atoms with van der Waals surface area (Å²) in [5, 5.41) is 2.11. The molecule has 1 aromatic carbocycles. The molecule has 0 unspecified atom stereocenters. The van der Waals surface area contributed by atoms with Crippen molar-refractivity contribution in [1.82, 2.24) is 9.97 Å². The number of rotatable bonds is 1. The molecule has 0 aliphatic carbocycles. The van der Waals surface area contributed by atoms with Gasteiger partial charge in [-0.05, 0) is 53.2 Å². The summed E-state index contributed by atoms with van der Waals surface area (Å²) in [6.07, 6.45) is 1.79. The van der Waals surface area contributed by atoms with Crippen LogP contribution in [-0.4, -0.2) is 9.97 Å². The molecule has 4 rings (SSSR count). The molecule has 0 aliphatic heterocycles. The van der Waals surface area contributed by atoms with E-state index in [9.17, 15) is 0 Å². The van der Waals surface area contributed by atoms with E-state index in [0.29, 0.717) is 5.71 Å². The summed E-state index contributed by atoms with van der Waals surface area (Å²) in [6.45, 7) is 1.96. The number of hydrogen-bond acceptors (Lipinski definition) is 3. The van der Waals surface area contributed by atoms with Crippen LogP contribution in [0.3, 0.4) is 0 Å². The minimum atomic E-state index is 0.676. The molecule has 102 valence electrons. The smallest absolute Gasteiger partial charge is 0.227 e. The van der Waals surface area contributed by atoms with Crippen molar-refractivity contribution in [2.45, 2.75) is 6.92 Å². The summed E-state index contributed by atoms with van der Waals surface area (Å²) in [4.78, 5) is 8.93. The van der Waals surface area contributed by atoms with Crippen LogP contribution < -0.4 is 0 Å². The van der Waals surface area contributed by atoms with Crippen molar-refractivity contribution >= 4 is 38.0 Å². The molecular formula is C17H11BrN2O. The van der Waals surface area contributed by atoms with Crippen LogP contribution in [-0.2, 0) is 0 Å². The summed E-state index contributed by atoms with van der Waals surface area (Å²) in [7, 11) is 0. The molecule has 3 nitrogen and oxygen atoms in total. The molecule has 0 amide bonds. The number of para-hydroxylation sites is 1. The van der Waals surface area contributed by atoms with Crippen LogP contribution in [0, 0.1) is 6.92 Å². The van der Waals surface area contributed by atoms with E-state index in [0.717, 1.165) is 37.8 Å². The standard InChI is InChI=1S/C17H11BrN2O/c1-10-5-7-13-12-3-2-4-14(16(12)21-17(13)20-10)15-8-6-11(18)9-19-15/h2-9H,1H3. The van der Waals surface area contributed by atoms with E-state index in [1.807, 2.05) is 37.3 Å². The van der Waals surface area contributed by atoms with Gasteiger partial charge in [0.1, 0.15) is 5.58 Å². The number of furan rings is 1. The number of halogens is 1. The van der Waals surface area contributed by atoms with Gasteiger partial charge in [0.25, 0.3) is 0 Å². The number of aryl methyl sites for hydroxylation is 1. The summed E-state index contributed by atoms with van der Waals surface area (Å²) >= 11 is 3.41. The Morgan fingerprint density at radius 3 is 2.71 bits per heavy atom. The van der Waals surface area contributed by atoms with Crippen molar-refractivity contribution < 1.29 is 4.42 Å². The fourth-order valence-corrected chi connectivity index (χ4v) is 2.74. The van der Waals surface area contributed by atoms with E-state index in [1.165, 1.54) is 0 Å². The molecule has 4 heteroatoms. The lowest BCUT2D eigenvalue weighted by atomic mass is 10.1. The Morgan fingerprint density at radius 1 is 1.00 bits per heavy atom. The summed E-state index contributed by atoms with van der Waals surface area (Å²) in [6, 6.07) is 14.1. The highest BCUT2D eigenvalue weighted by atomic mass is 79.9. The molecule has 0 saturated carbocycles. The molecule has 0 bridgehead atoms. The summed E-state index contributed by atoms with van der Waals surface area (Å²) < 4.78 is 6.94. The van der Waals surface area contributed by atoms with Crippen molar-refractivity contribution in [3.63, 3.8) is 0 Å². The van der Waals surface area contributed by atoms with Gasteiger partial charge in [0.05, 0.1) is 5.69 Å². The van der Waals surface area contributed by atoms with E-state index in [-0.39, 0.29) is 0 Å². The SMILES string of the molecule is Cc1ccc2c(n1)oc1c(-c3ccc(Br)cn3)cccc12. The zero-order chi connectivity index (χ0) is 14.4. The highest BCUT2D eigenvalue weighted by molar-refractivity contribution is 9.10. The molecule has 4 aromatic rings. The predicted octanol–water partition coefficient (Wildman–Crippen LogP) is 5.11. The largest absolute Gasteiger partial charge is 0.437 e.